The molecule has 1 fully saturated rings. The van der Waals surface area contributed by atoms with Gasteiger partial charge < -0.3 is 10.0 Å². The van der Waals surface area contributed by atoms with Crippen LogP contribution in [0.5, 0.6) is 0 Å². The molecule has 3 nitrogen and oxygen atoms in total. The number of benzene rings is 1. The lowest BCUT2D eigenvalue weighted by molar-refractivity contribution is 0.277. The van der Waals surface area contributed by atoms with E-state index in [1.165, 1.54) is 5.56 Å². The average molecular weight is 282 g/mol. The molecule has 21 heavy (non-hydrogen) atoms. The van der Waals surface area contributed by atoms with Crippen LogP contribution in [-0.4, -0.2) is 23.2 Å². The molecule has 0 radical (unpaired) electrons. The summed E-state index contributed by atoms with van der Waals surface area (Å²) in [4.78, 5) is 6.57. The highest BCUT2D eigenvalue weighted by molar-refractivity contribution is 5.49. The van der Waals surface area contributed by atoms with E-state index in [1.807, 2.05) is 12.1 Å². The second-order valence-corrected chi connectivity index (χ2v) is 6.50. The van der Waals surface area contributed by atoms with Crippen molar-refractivity contribution in [3.05, 3.63) is 59.9 Å². The minimum atomic E-state index is -0.00676. The Morgan fingerprint density at radius 2 is 2.00 bits per heavy atom. The van der Waals surface area contributed by atoms with Crippen molar-refractivity contribution in [2.45, 2.75) is 26.4 Å². The van der Waals surface area contributed by atoms with E-state index >= 15 is 0 Å². The van der Waals surface area contributed by atoms with Gasteiger partial charge in [0.2, 0.25) is 0 Å². The molecular formula is C18H22N2O. The quantitative estimate of drug-likeness (QED) is 0.939. The van der Waals surface area contributed by atoms with Crippen molar-refractivity contribution in [3.8, 4) is 0 Å². The van der Waals surface area contributed by atoms with E-state index in [0.29, 0.717) is 5.92 Å². The number of hydrogen-bond acceptors (Lipinski definition) is 3. The lowest BCUT2D eigenvalue weighted by atomic mass is 9.78. The highest BCUT2D eigenvalue weighted by Gasteiger charge is 2.40. The van der Waals surface area contributed by atoms with Gasteiger partial charge in [-0.3, -0.25) is 4.98 Å². The van der Waals surface area contributed by atoms with Crippen molar-refractivity contribution < 1.29 is 5.11 Å². The number of aromatic nitrogens is 1. The predicted octanol–water partition coefficient (Wildman–Crippen LogP) is 3.20. The molecular weight excluding hydrogens is 260 g/mol. The summed E-state index contributed by atoms with van der Waals surface area (Å²) in [6, 6.07) is 14.8. The molecule has 0 aliphatic carbocycles. The SMILES string of the molecule is CC1(C)CN(c2ccnc(CO)c2)C[C@H]1c1ccccc1. The zero-order valence-corrected chi connectivity index (χ0v) is 12.7. The minimum absolute atomic E-state index is 0.00676. The van der Waals surface area contributed by atoms with Crippen LogP contribution >= 0.6 is 0 Å². The van der Waals surface area contributed by atoms with Gasteiger partial charge in [0.25, 0.3) is 0 Å². The topological polar surface area (TPSA) is 36.4 Å². The molecule has 1 saturated heterocycles. The summed E-state index contributed by atoms with van der Waals surface area (Å²) in [6.07, 6.45) is 1.78. The van der Waals surface area contributed by atoms with Gasteiger partial charge in [-0.1, -0.05) is 44.2 Å². The number of anilines is 1. The van der Waals surface area contributed by atoms with Crippen LogP contribution in [-0.2, 0) is 6.61 Å². The number of hydrogen-bond donors (Lipinski definition) is 1. The van der Waals surface area contributed by atoms with Crippen molar-refractivity contribution in [3.63, 3.8) is 0 Å². The largest absolute Gasteiger partial charge is 0.390 e. The third-order valence-corrected chi connectivity index (χ3v) is 4.47. The first-order valence-corrected chi connectivity index (χ1v) is 7.46. The molecule has 0 spiro atoms. The molecule has 3 rings (SSSR count). The summed E-state index contributed by atoms with van der Waals surface area (Å²) >= 11 is 0. The second kappa shape index (κ2) is 5.49. The summed E-state index contributed by atoms with van der Waals surface area (Å²) in [5, 5.41) is 9.26. The van der Waals surface area contributed by atoms with E-state index in [9.17, 15) is 5.11 Å². The summed E-state index contributed by atoms with van der Waals surface area (Å²) in [5.74, 6) is 0.518. The highest BCUT2D eigenvalue weighted by Crippen LogP contribution is 2.43. The van der Waals surface area contributed by atoms with Crippen LogP contribution in [0.25, 0.3) is 0 Å². The van der Waals surface area contributed by atoms with E-state index in [2.05, 4.69) is 54.1 Å². The molecule has 0 amide bonds. The Morgan fingerprint density at radius 1 is 1.24 bits per heavy atom. The van der Waals surface area contributed by atoms with Crippen LogP contribution in [0.4, 0.5) is 5.69 Å². The van der Waals surface area contributed by atoms with Crippen molar-refractivity contribution >= 4 is 5.69 Å². The molecule has 0 saturated carbocycles. The zero-order chi connectivity index (χ0) is 14.9. The van der Waals surface area contributed by atoms with Gasteiger partial charge in [-0.25, -0.2) is 0 Å². The van der Waals surface area contributed by atoms with Crippen LogP contribution in [0.1, 0.15) is 31.0 Å². The third-order valence-electron chi connectivity index (χ3n) is 4.47. The number of rotatable bonds is 3. The van der Waals surface area contributed by atoms with E-state index in [-0.39, 0.29) is 12.0 Å². The lowest BCUT2D eigenvalue weighted by Crippen LogP contribution is -2.23. The number of aliphatic hydroxyl groups excluding tert-OH is 1. The van der Waals surface area contributed by atoms with Crippen LogP contribution < -0.4 is 4.90 Å². The number of nitrogens with zero attached hydrogens (tertiary/aromatic N) is 2. The maximum atomic E-state index is 9.26. The molecule has 1 aliphatic heterocycles. The maximum Gasteiger partial charge on any atom is 0.0853 e. The second-order valence-electron chi connectivity index (χ2n) is 6.50. The van der Waals surface area contributed by atoms with E-state index < -0.39 is 0 Å². The van der Waals surface area contributed by atoms with Crippen LogP contribution in [0, 0.1) is 5.41 Å². The maximum absolute atomic E-state index is 9.26. The molecule has 1 aromatic heterocycles. The Balaban J connectivity index is 1.87. The normalized spacial score (nSPS) is 20.7. The van der Waals surface area contributed by atoms with E-state index in [0.717, 1.165) is 24.5 Å². The van der Waals surface area contributed by atoms with E-state index in [1.54, 1.807) is 6.20 Å². The Kier molecular flexibility index (Phi) is 3.68. The van der Waals surface area contributed by atoms with Gasteiger partial charge >= 0.3 is 0 Å². The minimum Gasteiger partial charge on any atom is -0.390 e. The van der Waals surface area contributed by atoms with Gasteiger partial charge in [-0.05, 0) is 23.1 Å². The third kappa shape index (κ3) is 2.79. The van der Waals surface area contributed by atoms with Gasteiger partial charge in [0.15, 0.2) is 0 Å². The summed E-state index contributed by atoms with van der Waals surface area (Å²) in [6.45, 7) is 6.68. The molecule has 1 aliphatic rings. The van der Waals surface area contributed by atoms with Crippen molar-refractivity contribution in [1.29, 1.82) is 0 Å². The molecule has 2 aromatic rings. The molecule has 1 aromatic carbocycles. The van der Waals surface area contributed by atoms with Gasteiger partial charge in [0.05, 0.1) is 12.3 Å². The first kappa shape index (κ1) is 14.1. The summed E-state index contributed by atoms with van der Waals surface area (Å²) in [5.41, 5.74) is 3.51. The molecule has 0 unspecified atom stereocenters. The van der Waals surface area contributed by atoms with Crippen molar-refractivity contribution in [1.82, 2.24) is 4.98 Å². The number of aliphatic hydroxyl groups is 1. The fraction of sp³-hybridized carbons (Fsp3) is 0.389. The Bertz CT molecular complexity index is 610. The first-order valence-electron chi connectivity index (χ1n) is 7.46. The average Bonchev–Trinajstić information content (AvgIpc) is 2.84. The van der Waals surface area contributed by atoms with Gasteiger partial charge in [-0.2, -0.15) is 0 Å². The monoisotopic (exact) mass is 282 g/mol. The molecule has 1 atom stereocenters. The van der Waals surface area contributed by atoms with Crippen molar-refractivity contribution in [2.24, 2.45) is 5.41 Å². The summed E-state index contributed by atoms with van der Waals surface area (Å²) in [7, 11) is 0. The highest BCUT2D eigenvalue weighted by atomic mass is 16.3. The van der Waals surface area contributed by atoms with E-state index in [4.69, 9.17) is 0 Å². The molecule has 110 valence electrons. The molecule has 1 N–H and O–H groups in total. The smallest absolute Gasteiger partial charge is 0.0853 e. The molecule has 2 heterocycles. The first-order chi connectivity index (χ1) is 10.1. The Labute approximate surface area is 126 Å². The molecule has 0 bridgehead atoms. The van der Waals surface area contributed by atoms with Crippen molar-refractivity contribution in [2.75, 3.05) is 18.0 Å². The van der Waals surface area contributed by atoms with Crippen LogP contribution in [0.3, 0.4) is 0 Å². The van der Waals surface area contributed by atoms with Gasteiger partial charge in [0.1, 0.15) is 0 Å². The van der Waals surface area contributed by atoms with Crippen LogP contribution in [0.2, 0.25) is 0 Å². The van der Waals surface area contributed by atoms with Gasteiger partial charge in [0, 0.05) is 30.9 Å². The lowest BCUT2D eigenvalue weighted by Gasteiger charge is -2.25. The predicted molar refractivity (Wildman–Crippen MR) is 85.3 cm³/mol. The van der Waals surface area contributed by atoms with Crippen LogP contribution in [0.15, 0.2) is 48.7 Å². The van der Waals surface area contributed by atoms with Gasteiger partial charge in [-0.15, -0.1) is 0 Å². The standard InChI is InChI=1S/C18H22N2O/c1-18(2)13-20(16-8-9-19-15(10-16)12-21)11-17(18)14-6-4-3-5-7-14/h3-10,17,21H,11-13H2,1-2H3/t17-/m0/s1. The Hall–Kier alpha value is -1.87. The number of pyridine rings is 1. The fourth-order valence-electron chi connectivity index (χ4n) is 3.32. The fourth-order valence-corrected chi connectivity index (χ4v) is 3.32. The Morgan fingerprint density at radius 3 is 2.71 bits per heavy atom. The zero-order valence-electron chi connectivity index (χ0n) is 12.7. The summed E-state index contributed by atoms with van der Waals surface area (Å²) < 4.78 is 0. The molecule has 3 heteroatoms.